The molecule has 0 radical (unpaired) electrons. The molecular weight excluding hydrogens is 332 g/mol. The Bertz CT molecular complexity index is 777. The predicted molar refractivity (Wildman–Crippen MR) is 89.6 cm³/mol. The van der Waals surface area contributed by atoms with Crippen molar-refractivity contribution < 1.29 is 19.1 Å². The summed E-state index contributed by atoms with van der Waals surface area (Å²) in [6.45, 7) is 0.0716. The van der Waals surface area contributed by atoms with Crippen LogP contribution in [0.1, 0.15) is 10.4 Å². The molecule has 0 aliphatic carbocycles. The Kier molecular flexibility index (Phi) is 4.57. The molecule has 0 atom stereocenters. The van der Waals surface area contributed by atoms with Gasteiger partial charge < -0.3 is 19.7 Å². The molecule has 3 rings (SSSR count). The number of hydrogen-bond acceptors (Lipinski definition) is 4. The molecule has 6 nitrogen and oxygen atoms in total. The highest BCUT2D eigenvalue weighted by atomic mass is 35.5. The Hall–Kier alpha value is -2.73. The van der Waals surface area contributed by atoms with Crippen LogP contribution in [0.4, 0.5) is 5.69 Å². The molecule has 0 saturated heterocycles. The van der Waals surface area contributed by atoms with Crippen molar-refractivity contribution in [3.63, 3.8) is 0 Å². The Morgan fingerprint density at radius 3 is 2.58 bits per heavy atom. The maximum Gasteiger partial charge on any atom is 0.254 e. The first kappa shape index (κ1) is 16.1. The van der Waals surface area contributed by atoms with Gasteiger partial charge in [-0.3, -0.25) is 9.59 Å². The van der Waals surface area contributed by atoms with E-state index in [9.17, 15) is 9.59 Å². The van der Waals surface area contributed by atoms with Gasteiger partial charge in [0.15, 0.2) is 11.5 Å². The molecule has 0 aromatic heterocycles. The van der Waals surface area contributed by atoms with Gasteiger partial charge in [0.05, 0.1) is 6.54 Å². The fourth-order valence-corrected chi connectivity index (χ4v) is 2.40. The molecule has 7 heteroatoms. The van der Waals surface area contributed by atoms with E-state index in [0.29, 0.717) is 27.8 Å². The molecule has 0 bridgehead atoms. The molecule has 0 spiro atoms. The zero-order valence-corrected chi connectivity index (χ0v) is 13.7. The third kappa shape index (κ3) is 3.60. The number of likely N-dealkylation sites (N-methyl/N-ethyl adjacent to an activating group) is 1. The number of amides is 2. The van der Waals surface area contributed by atoms with Crippen molar-refractivity contribution >= 4 is 29.1 Å². The maximum atomic E-state index is 12.4. The fraction of sp³-hybridized carbons (Fsp3) is 0.176. The minimum atomic E-state index is -0.297. The van der Waals surface area contributed by atoms with Crippen LogP contribution < -0.4 is 14.8 Å². The van der Waals surface area contributed by atoms with Gasteiger partial charge in [0, 0.05) is 23.3 Å². The lowest BCUT2D eigenvalue weighted by molar-refractivity contribution is -0.116. The van der Waals surface area contributed by atoms with E-state index in [1.165, 1.54) is 4.90 Å². The van der Waals surface area contributed by atoms with E-state index in [-0.39, 0.29) is 25.2 Å². The summed E-state index contributed by atoms with van der Waals surface area (Å²) in [6.07, 6.45) is 0. The highest BCUT2D eigenvalue weighted by Crippen LogP contribution is 2.32. The number of anilines is 1. The number of halogens is 1. The second-order valence-electron chi connectivity index (χ2n) is 5.28. The smallest absolute Gasteiger partial charge is 0.254 e. The van der Waals surface area contributed by atoms with Crippen molar-refractivity contribution in [2.45, 2.75) is 0 Å². The standard InChI is InChI=1S/C17H15ClN2O4/c1-20(9-16(21)19-13-5-3-12(18)4-6-13)17(22)11-2-7-14-15(8-11)24-10-23-14/h2-8H,9-10H2,1H3,(H,19,21). The van der Waals surface area contributed by atoms with Crippen LogP contribution in [0.15, 0.2) is 42.5 Å². The van der Waals surface area contributed by atoms with Crippen LogP contribution in [-0.2, 0) is 4.79 Å². The van der Waals surface area contributed by atoms with Crippen molar-refractivity contribution in [3.8, 4) is 11.5 Å². The van der Waals surface area contributed by atoms with Crippen LogP contribution in [0.25, 0.3) is 0 Å². The lowest BCUT2D eigenvalue weighted by Crippen LogP contribution is -2.34. The average molecular weight is 347 g/mol. The molecule has 2 aromatic carbocycles. The number of fused-ring (bicyclic) bond motifs is 1. The number of ether oxygens (including phenoxy) is 2. The number of rotatable bonds is 4. The summed E-state index contributed by atoms with van der Waals surface area (Å²) in [4.78, 5) is 25.8. The van der Waals surface area contributed by atoms with Gasteiger partial charge in [-0.05, 0) is 42.5 Å². The monoisotopic (exact) mass is 346 g/mol. The third-order valence-corrected chi connectivity index (χ3v) is 3.73. The lowest BCUT2D eigenvalue weighted by Gasteiger charge is -2.17. The summed E-state index contributed by atoms with van der Waals surface area (Å²) in [5, 5.41) is 3.30. The van der Waals surface area contributed by atoms with Crippen LogP contribution in [0.2, 0.25) is 5.02 Å². The second kappa shape index (κ2) is 6.80. The highest BCUT2D eigenvalue weighted by Gasteiger charge is 2.19. The van der Waals surface area contributed by atoms with Gasteiger partial charge in [0.2, 0.25) is 12.7 Å². The molecule has 2 aromatic rings. The number of nitrogens with zero attached hydrogens (tertiary/aromatic N) is 1. The summed E-state index contributed by atoms with van der Waals surface area (Å²) in [7, 11) is 1.56. The van der Waals surface area contributed by atoms with E-state index in [4.69, 9.17) is 21.1 Å². The normalized spacial score (nSPS) is 11.9. The minimum Gasteiger partial charge on any atom is -0.454 e. The molecule has 1 aliphatic rings. The van der Waals surface area contributed by atoms with Crippen molar-refractivity contribution in [2.75, 3.05) is 25.7 Å². The van der Waals surface area contributed by atoms with Crippen molar-refractivity contribution in [2.24, 2.45) is 0 Å². The first-order chi connectivity index (χ1) is 11.5. The Balaban J connectivity index is 1.61. The zero-order chi connectivity index (χ0) is 17.1. The number of nitrogens with one attached hydrogen (secondary N) is 1. The number of carbonyl (C=O) groups is 2. The van der Waals surface area contributed by atoms with Crippen molar-refractivity contribution in [1.29, 1.82) is 0 Å². The molecule has 1 aliphatic heterocycles. The van der Waals surface area contributed by atoms with E-state index in [1.807, 2.05) is 0 Å². The quantitative estimate of drug-likeness (QED) is 0.924. The number of carbonyl (C=O) groups excluding carboxylic acids is 2. The van der Waals surface area contributed by atoms with E-state index < -0.39 is 0 Å². The number of benzene rings is 2. The molecular formula is C17H15ClN2O4. The van der Waals surface area contributed by atoms with Gasteiger partial charge in [0.25, 0.3) is 5.91 Å². The Morgan fingerprint density at radius 1 is 1.12 bits per heavy atom. The highest BCUT2D eigenvalue weighted by molar-refractivity contribution is 6.30. The third-order valence-electron chi connectivity index (χ3n) is 3.47. The van der Waals surface area contributed by atoms with Crippen LogP contribution in [-0.4, -0.2) is 37.1 Å². The summed E-state index contributed by atoms with van der Waals surface area (Å²) in [6, 6.07) is 11.7. The summed E-state index contributed by atoms with van der Waals surface area (Å²) < 4.78 is 10.5. The van der Waals surface area contributed by atoms with Crippen molar-refractivity contribution in [3.05, 3.63) is 53.1 Å². The van der Waals surface area contributed by atoms with Gasteiger partial charge in [-0.15, -0.1) is 0 Å². The fourth-order valence-electron chi connectivity index (χ4n) is 2.27. The Labute approximate surface area is 143 Å². The molecule has 124 valence electrons. The summed E-state index contributed by atoms with van der Waals surface area (Å²) in [5.41, 5.74) is 1.05. The maximum absolute atomic E-state index is 12.4. The predicted octanol–water partition coefficient (Wildman–Crippen LogP) is 2.78. The Morgan fingerprint density at radius 2 is 1.83 bits per heavy atom. The van der Waals surface area contributed by atoms with E-state index >= 15 is 0 Å². The summed E-state index contributed by atoms with van der Waals surface area (Å²) >= 11 is 5.80. The van der Waals surface area contributed by atoms with Gasteiger partial charge in [-0.25, -0.2) is 0 Å². The molecule has 1 heterocycles. The molecule has 24 heavy (non-hydrogen) atoms. The number of hydrogen-bond donors (Lipinski definition) is 1. The topological polar surface area (TPSA) is 67.9 Å². The van der Waals surface area contributed by atoms with Crippen LogP contribution in [0.5, 0.6) is 11.5 Å². The summed E-state index contributed by atoms with van der Waals surface area (Å²) in [5.74, 6) is 0.558. The lowest BCUT2D eigenvalue weighted by atomic mass is 10.2. The minimum absolute atomic E-state index is 0.0735. The van der Waals surface area contributed by atoms with Crippen LogP contribution >= 0.6 is 11.6 Å². The van der Waals surface area contributed by atoms with E-state index in [1.54, 1.807) is 49.5 Å². The molecule has 0 unspecified atom stereocenters. The molecule has 0 fully saturated rings. The molecule has 1 N–H and O–H groups in total. The van der Waals surface area contributed by atoms with Crippen LogP contribution in [0.3, 0.4) is 0 Å². The molecule has 2 amide bonds. The zero-order valence-electron chi connectivity index (χ0n) is 12.9. The van der Waals surface area contributed by atoms with Gasteiger partial charge in [0.1, 0.15) is 0 Å². The average Bonchev–Trinajstić information content (AvgIpc) is 3.03. The largest absolute Gasteiger partial charge is 0.454 e. The van der Waals surface area contributed by atoms with Gasteiger partial charge in [-0.2, -0.15) is 0 Å². The molecule has 0 saturated carbocycles. The first-order valence-electron chi connectivity index (χ1n) is 7.23. The van der Waals surface area contributed by atoms with E-state index in [2.05, 4.69) is 5.32 Å². The van der Waals surface area contributed by atoms with Gasteiger partial charge >= 0.3 is 0 Å². The van der Waals surface area contributed by atoms with Crippen molar-refractivity contribution in [1.82, 2.24) is 4.90 Å². The first-order valence-corrected chi connectivity index (χ1v) is 7.61. The second-order valence-corrected chi connectivity index (χ2v) is 5.72. The van der Waals surface area contributed by atoms with E-state index in [0.717, 1.165) is 0 Å². The van der Waals surface area contributed by atoms with Gasteiger partial charge in [-0.1, -0.05) is 11.6 Å². The van der Waals surface area contributed by atoms with Crippen LogP contribution in [0, 0.1) is 0 Å². The SMILES string of the molecule is CN(CC(=O)Nc1ccc(Cl)cc1)C(=O)c1ccc2c(c1)OCO2.